The number of hydrogen-bond donors (Lipinski definition) is 0. The van der Waals surface area contributed by atoms with E-state index < -0.39 is 0 Å². The molecule has 6 rings (SSSR count). The third-order valence-corrected chi connectivity index (χ3v) is 6.90. The lowest BCUT2D eigenvalue weighted by molar-refractivity contribution is 0.884. The number of rotatable bonds is 4. The van der Waals surface area contributed by atoms with Gasteiger partial charge in [-0.05, 0) is 37.6 Å². The molecule has 6 aromatic rings. The minimum Gasteiger partial charge on any atom is -0.266 e. The minimum atomic E-state index is -0.181. The van der Waals surface area contributed by atoms with Crippen LogP contribution in [-0.2, 0) is 0 Å². The van der Waals surface area contributed by atoms with Crippen molar-refractivity contribution in [2.24, 2.45) is 0 Å². The quantitative estimate of drug-likeness (QED) is 0.366. The van der Waals surface area contributed by atoms with Crippen molar-refractivity contribution in [1.82, 2.24) is 24.4 Å². The van der Waals surface area contributed by atoms with Gasteiger partial charge in [0.25, 0.3) is 5.56 Å². The maximum atomic E-state index is 13.2. The van der Waals surface area contributed by atoms with E-state index in [1.165, 1.54) is 21.4 Å². The molecule has 170 valence electrons. The van der Waals surface area contributed by atoms with Gasteiger partial charge in [-0.1, -0.05) is 83.6 Å². The zero-order valence-corrected chi connectivity index (χ0v) is 20.0. The zero-order chi connectivity index (χ0) is 23.9. The average Bonchev–Trinajstić information content (AvgIpc) is 3.56. The average molecular weight is 476 g/mol. The van der Waals surface area contributed by atoms with Crippen LogP contribution in [0, 0.1) is 13.8 Å². The third kappa shape index (κ3) is 3.86. The molecule has 0 saturated heterocycles. The van der Waals surface area contributed by atoms with Gasteiger partial charge in [0.2, 0.25) is 4.96 Å². The Balaban J connectivity index is 1.50. The molecule has 0 atom stereocenters. The molecule has 0 spiro atoms. The highest BCUT2D eigenvalue weighted by Crippen LogP contribution is 2.25. The van der Waals surface area contributed by atoms with Crippen LogP contribution >= 0.6 is 11.3 Å². The van der Waals surface area contributed by atoms with Gasteiger partial charge in [-0.3, -0.25) is 4.79 Å². The second kappa shape index (κ2) is 8.45. The van der Waals surface area contributed by atoms with Crippen LogP contribution in [0.15, 0.2) is 89.9 Å². The van der Waals surface area contributed by atoms with Crippen LogP contribution in [-0.4, -0.2) is 24.4 Å². The largest absolute Gasteiger partial charge is 0.291 e. The summed E-state index contributed by atoms with van der Waals surface area (Å²) >= 11 is 1.34. The predicted molar refractivity (Wildman–Crippen MR) is 140 cm³/mol. The van der Waals surface area contributed by atoms with Crippen molar-refractivity contribution in [2.75, 3.05) is 0 Å². The summed E-state index contributed by atoms with van der Waals surface area (Å²) in [6, 6.07) is 26.1. The molecule has 0 saturated carbocycles. The van der Waals surface area contributed by atoms with Crippen molar-refractivity contribution in [3.8, 4) is 28.3 Å². The van der Waals surface area contributed by atoms with E-state index in [2.05, 4.69) is 41.3 Å². The number of para-hydroxylation sites is 1. The molecular formula is C28H21N5OS. The lowest BCUT2D eigenvalue weighted by atomic mass is 10.1. The zero-order valence-electron chi connectivity index (χ0n) is 19.2. The van der Waals surface area contributed by atoms with Crippen LogP contribution in [0.3, 0.4) is 0 Å². The summed E-state index contributed by atoms with van der Waals surface area (Å²) < 4.78 is 3.81. The number of hydrogen-bond acceptors (Lipinski definition) is 5. The Kier molecular flexibility index (Phi) is 5.12. The van der Waals surface area contributed by atoms with Gasteiger partial charge in [-0.15, -0.1) is 5.10 Å². The fourth-order valence-corrected chi connectivity index (χ4v) is 4.95. The molecule has 0 amide bonds. The monoisotopic (exact) mass is 475 g/mol. The number of nitrogens with zero attached hydrogens (tertiary/aromatic N) is 5. The summed E-state index contributed by atoms with van der Waals surface area (Å²) in [5, 5.41) is 9.37. The molecule has 0 aliphatic rings. The first-order valence-electron chi connectivity index (χ1n) is 11.3. The molecule has 0 aliphatic carbocycles. The van der Waals surface area contributed by atoms with Crippen molar-refractivity contribution >= 4 is 22.4 Å². The Morgan fingerprint density at radius 3 is 2.34 bits per heavy atom. The van der Waals surface area contributed by atoms with Gasteiger partial charge in [-0.25, -0.2) is 4.68 Å². The summed E-state index contributed by atoms with van der Waals surface area (Å²) in [6.07, 6.45) is 3.84. The van der Waals surface area contributed by atoms with Gasteiger partial charge < -0.3 is 0 Å². The number of aromatic nitrogens is 5. The Morgan fingerprint density at radius 2 is 1.60 bits per heavy atom. The molecule has 3 aromatic heterocycles. The van der Waals surface area contributed by atoms with E-state index in [0.29, 0.717) is 15.3 Å². The number of thiazole rings is 1. The molecule has 6 nitrogen and oxygen atoms in total. The fraction of sp³-hybridized carbons (Fsp3) is 0.0714. The molecule has 0 fully saturated rings. The molecule has 0 unspecified atom stereocenters. The van der Waals surface area contributed by atoms with Crippen molar-refractivity contribution in [3.63, 3.8) is 0 Å². The smallest absolute Gasteiger partial charge is 0.266 e. The molecule has 0 radical (unpaired) electrons. The van der Waals surface area contributed by atoms with Crippen LogP contribution in [0.4, 0.5) is 0 Å². The summed E-state index contributed by atoms with van der Waals surface area (Å²) in [5.41, 5.74) is 6.61. The van der Waals surface area contributed by atoms with Crippen LogP contribution in [0.5, 0.6) is 0 Å². The van der Waals surface area contributed by atoms with E-state index >= 15 is 0 Å². The second-order valence-corrected chi connectivity index (χ2v) is 9.45. The Morgan fingerprint density at radius 1 is 0.857 bits per heavy atom. The van der Waals surface area contributed by atoms with E-state index in [0.717, 1.165) is 33.6 Å². The Bertz CT molecular complexity index is 1780. The van der Waals surface area contributed by atoms with Crippen molar-refractivity contribution < 1.29 is 0 Å². The van der Waals surface area contributed by atoms with Crippen LogP contribution in [0.2, 0.25) is 0 Å². The first kappa shape index (κ1) is 21.2. The minimum absolute atomic E-state index is 0.181. The van der Waals surface area contributed by atoms with E-state index in [-0.39, 0.29) is 5.56 Å². The van der Waals surface area contributed by atoms with Crippen molar-refractivity contribution in [2.45, 2.75) is 13.8 Å². The predicted octanol–water partition coefficient (Wildman–Crippen LogP) is 4.84. The summed E-state index contributed by atoms with van der Waals surface area (Å²) in [7, 11) is 0. The van der Waals surface area contributed by atoms with E-state index in [1.807, 2.05) is 78.5 Å². The summed E-state index contributed by atoms with van der Waals surface area (Å²) in [5.74, 6) is 0.565. The normalized spacial score (nSPS) is 12.0. The fourth-order valence-electron chi connectivity index (χ4n) is 4.05. The van der Waals surface area contributed by atoms with Crippen LogP contribution in [0.1, 0.15) is 16.7 Å². The highest BCUT2D eigenvalue weighted by Gasteiger charge is 2.15. The molecule has 3 aromatic carbocycles. The van der Waals surface area contributed by atoms with Gasteiger partial charge in [0.15, 0.2) is 5.82 Å². The topological polar surface area (TPSA) is 65.1 Å². The Labute approximate surface area is 205 Å². The summed E-state index contributed by atoms with van der Waals surface area (Å²) in [4.78, 5) is 18.5. The van der Waals surface area contributed by atoms with Crippen LogP contribution < -0.4 is 10.1 Å². The molecule has 35 heavy (non-hydrogen) atoms. The molecule has 0 bridgehead atoms. The highest BCUT2D eigenvalue weighted by atomic mass is 32.1. The van der Waals surface area contributed by atoms with E-state index in [1.54, 1.807) is 0 Å². The standard InChI is InChI=1S/C28H21N5OS/c1-18-12-14-20(15-13-18)25-21(17-32(30-25)22-9-4-3-5-10-22)16-24-27(34)33-28(35-24)29-26(31-33)23-11-7-6-8-19(23)2/h3-17H,1-2H3. The van der Waals surface area contributed by atoms with Crippen LogP contribution in [0.25, 0.3) is 39.4 Å². The van der Waals surface area contributed by atoms with Gasteiger partial charge in [0.05, 0.1) is 15.9 Å². The van der Waals surface area contributed by atoms with E-state index in [4.69, 9.17) is 5.10 Å². The first-order chi connectivity index (χ1) is 17.1. The summed E-state index contributed by atoms with van der Waals surface area (Å²) in [6.45, 7) is 4.07. The second-order valence-electron chi connectivity index (χ2n) is 8.44. The van der Waals surface area contributed by atoms with Crippen molar-refractivity contribution in [3.05, 3.63) is 117 Å². The lowest BCUT2D eigenvalue weighted by Gasteiger charge is -2.01. The molecule has 7 heteroatoms. The van der Waals surface area contributed by atoms with Crippen molar-refractivity contribution in [1.29, 1.82) is 0 Å². The van der Waals surface area contributed by atoms with Gasteiger partial charge in [0, 0.05) is 22.9 Å². The molecule has 0 N–H and O–H groups in total. The molecular weight excluding hydrogens is 454 g/mol. The molecule has 0 aliphatic heterocycles. The third-order valence-electron chi connectivity index (χ3n) is 5.94. The maximum absolute atomic E-state index is 13.2. The highest BCUT2D eigenvalue weighted by molar-refractivity contribution is 7.15. The van der Waals surface area contributed by atoms with Gasteiger partial charge in [-0.2, -0.15) is 14.6 Å². The number of fused-ring (bicyclic) bond motifs is 1. The number of benzene rings is 3. The first-order valence-corrected chi connectivity index (χ1v) is 12.1. The van der Waals surface area contributed by atoms with E-state index in [9.17, 15) is 4.79 Å². The lowest BCUT2D eigenvalue weighted by Crippen LogP contribution is -2.23. The maximum Gasteiger partial charge on any atom is 0.291 e. The Hall–Kier alpha value is -4.36. The van der Waals surface area contributed by atoms with Gasteiger partial charge >= 0.3 is 0 Å². The SMILES string of the molecule is Cc1ccc(-c2nn(-c3ccccc3)cc2C=c2sc3nc(-c4ccccc4C)nn3c2=O)cc1. The number of aryl methyl sites for hydroxylation is 2. The molecule has 3 heterocycles. The van der Waals surface area contributed by atoms with Gasteiger partial charge in [0.1, 0.15) is 0 Å².